The highest BCUT2D eigenvalue weighted by Gasteiger charge is 1.79. The lowest BCUT2D eigenvalue weighted by Gasteiger charge is -1.69. The summed E-state index contributed by atoms with van der Waals surface area (Å²) in [5.74, 6) is 0. The molecule has 0 atom stereocenters. The van der Waals surface area contributed by atoms with Gasteiger partial charge in [0.05, 0.1) is 0 Å². The van der Waals surface area contributed by atoms with Crippen LogP contribution >= 0.6 is 69.6 Å². The molecule has 0 radical (unpaired) electrons. The van der Waals surface area contributed by atoms with Crippen LogP contribution < -0.4 is 0 Å². The molecule has 0 heterocycles. The molecule has 2 N–H and O–H groups in total. The van der Waals surface area contributed by atoms with Crippen LogP contribution in [0.25, 0.3) is 0 Å². The molecule has 8 heteroatoms. The molecule has 0 fully saturated rings. The zero-order valence-electron chi connectivity index (χ0n) is 6.32. The minimum atomic E-state index is -0.750. The van der Waals surface area contributed by atoms with E-state index in [9.17, 15) is 0 Å². The topological polar surface area (TPSA) is 40.5 Å². The minimum Gasteiger partial charge on any atom is -0.400 e. The van der Waals surface area contributed by atoms with Crippen molar-refractivity contribution in [3.8, 4) is 0 Å². The molecule has 80 valence electrons. The Morgan fingerprint density at radius 3 is 0.583 bits per heavy atom. The molecular weight excluding hydrogens is 293 g/mol. The first-order valence-corrected chi connectivity index (χ1v) is 4.82. The Labute approximate surface area is 102 Å². The summed E-state index contributed by atoms with van der Waals surface area (Å²) >= 11 is 28.8. The Kier molecular flexibility index (Phi) is 57.4. The maximum atomic E-state index is 7.00. The fourth-order valence-corrected chi connectivity index (χ4v) is 0. The molecule has 0 amide bonds. The minimum absolute atomic E-state index is 0.750. The SMILES string of the molecule is CO.CO.ClC(Cl)Cl.ClC(Cl)Cl. The molecule has 2 nitrogen and oxygen atoms in total. The van der Waals surface area contributed by atoms with Gasteiger partial charge in [0, 0.05) is 14.2 Å². The predicted molar refractivity (Wildman–Crippen MR) is 59.0 cm³/mol. The summed E-state index contributed by atoms with van der Waals surface area (Å²) in [6.45, 7) is 0. The standard InChI is InChI=1S/2CHCl3.2CH4O/c2*2-1(3)4;2*1-2/h2*1H;2*2H,1H3. The van der Waals surface area contributed by atoms with E-state index in [1.807, 2.05) is 0 Å². The lowest BCUT2D eigenvalue weighted by Crippen LogP contribution is -1.55. The Hall–Kier alpha value is 1.66. The van der Waals surface area contributed by atoms with Crippen molar-refractivity contribution in [2.24, 2.45) is 0 Å². The average Bonchev–Trinajstić information content (AvgIpc) is 1.93. The van der Waals surface area contributed by atoms with Gasteiger partial charge >= 0.3 is 0 Å². The zero-order valence-corrected chi connectivity index (χ0v) is 10.9. The third-order valence-electron chi connectivity index (χ3n) is 0. The summed E-state index contributed by atoms with van der Waals surface area (Å²) < 4.78 is -1.50. The molecule has 0 aliphatic heterocycles. The highest BCUT2D eigenvalue weighted by molar-refractivity contribution is 6.63. The van der Waals surface area contributed by atoms with Gasteiger partial charge in [0.15, 0.2) is 8.59 Å². The zero-order chi connectivity index (χ0) is 11.2. The fourth-order valence-electron chi connectivity index (χ4n) is 0. The van der Waals surface area contributed by atoms with E-state index in [1.165, 1.54) is 0 Å². The first kappa shape index (κ1) is 23.5. The maximum absolute atomic E-state index is 7.00. The Morgan fingerprint density at radius 2 is 0.583 bits per heavy atom. The molecule has 12 heavy (non-hydrogen) atoms. The molecule has 0 aromatic carbocycles. The summed E-state index contributed by atoms with van der Waals surface area (Å²) in [6, 6.07) is 0. The molecule has 0 saturated carbocycles. The van der Waals surface area contributed by atoms with Gasteiger partial charge in [0.25, 0.3) is 0 Å². The van der Waals surface area contributed by atoms with E-state index in [2.05, 4.69) is 0 Å². The van der Waals surface area contributed by atoms with E-state index in [0.717, 1.165) is 14.2 Å². The Bertz CT molecular complexity index is 33.0. The van der Waals surface area contributed by atoms with Gasteiger partial charge in [-0.2, -0.15) is 0 Å². The first-order valence-electron chi connectivity index (χ1n) is 2.20. The summed E-state index contributed by atoms with van der Waals surface area (Å²) in [4.78, 5) is 0. The van der Waals surface area contributed by atoms with Gasteiger partial charge in [-0.15, -0.1) is 0 Å². The molecule has 0 bridgehead atoms. The number of hydrogen-bond acceptors (Lipinski definition) is 2. The van der Waals surface area contributed by atoms with Crippen molar-refractivity contribution in [3.05, 3.63) is 0 Å². The van der Waals surface area contributed by atoms with Crippen LogP contribution in [0.2, 0.25) is 0 Å². The van der Waals surface area contributed by atoms with Crippen LogP contribution in [0, 0.1) is 0 Å². The van der Waals surface area contributed by atoms with Gasteiger partial charge in [-0.05, 0) is 0 Å². The van der Waals surface area contributed by atoms with Crippen molar-refractivity contribution in [1.29, 1.82) is 0 Å². The highest BCUT2D eigenvalue weighted by Crippen LogP contribution is 2.04. The van der Waals surface area contributed by atoms with Crippen molar-refractivity contribution in [2.45, 2.75) is 8.59 Å². The van der Waals surface area contributed by atoms with E-state index in [-0.39, 0.29) is 0 Å². The Balaban J connectivity index is -0.0000000380. The third-order valence-corrected chi connectivity index (χ3v) is 0. The summed E-state index contributed by atoms with van der Waals surface area (Å²) in [5.41, 5.74) is 0. The van der Waals surface area contributed by atoms with Crippen LogP contribution in [0.5, 0.6) is 0 Å². The predicted octanol–water partition coefficient (Wildman–Crippen LogP) is 3.19. The number of alkyl halides is 6. The van der Waals surface area contributed by atoms with Crippen LogP contribution in [0.15, 0.2) is 0 Å². The third kappa shape index (κ3) is 481. The van der Waals surface area contributed by atoms with Crippen LogP contribution in [0.4, 0.5) is 0 Å². The van der Waals surface area contributed by atoms with Gasteiger partial charge in [-0.3, -0.25) is 0 Å². The number of aliphatic hydroxyl groups is 2. The van der Waals surface area contributed by atoms with Crippen molar-refractivity contribution in [2.75, 3.05) is 14.2 Å². The maximum Gasteiger partial charge on any atom is 0.180 e. The largest absolute Gasteiger partial charge is 0.400 e. The van der Waals surface area contributed by atoms with E-state index in [4.69, 9.17) is 79.8 Å². The molecule has 0 saturated heterocycles. The van der Waals surface area contributed by atoms with Crippen LogP contribution in [0.3, 0.4) is 0 Å². The molecule has 0 aliphatic carbocycles. The second-order valence-electron chi connectivity index (χ2n) is 0.495. The highest BCUT2D eigenvalue weighted by atomic mass is 35.6. The number of rotatable bonds is 0. The molecular formula is C4H10Cl6O2. The Morgan fingerprint density at radius 1 is 0.583 bits per heavy atom. The van der Waals surface area contributed by atoms with Crippen molar-refractivity contribution in [3.63, 3.8) is 0 Å². The van der Waals surface area contributed by atoms with Crippen LogP contribution in [-0.4, -0.2) is 33.0 Å². The second kappa shape index (κ2) is 29.3. The fraction of sp³-hybridized carbons (Fsp3) is 1.00. The lowest BCUT2D eigenvalue weighted by atomic mass is 11.8. The van der Waals surface area contributed by atoms with Gasteiger partial charge < -0.3 is 10.2 Å². The van der Waals surface area contributed by atoms with E-state index >= 15 is 0 Å². The van der Waals surface area contributed by atoms with E-state index < -0.39 is 8.59 Å². The summed E-state index contributed by atoms with van der Waals surface area (Å²) in [5, 5.41) is 14.0. The smallest absolute Gasteiger partial charge is 0.180 e. The summed E-state index contributed by atoms with van der Waals surface area (Å²) in [7, 11) is 2.00. The number of aliphatic hydroxyl groups excluding tert-OH is 2. The second-order valence-corrected chi connectivity index (χ2v) is 4.45. The monoisotopic (exact) mass is 300 g/mol. The number of halogens is 6. The first-order chi connectivity index (χ1) is 5.46. The molecule has 0 aromatic rings. The number of hydrogen-bond donors (Lipinski definition) is 2. The molecule has 0 unspecified atom stereocenters. The van der Waals surface area contributed by atoms with Crippen LogP contribution in [-0.2, 0) is 0 Å². The van der Waals surface area contributed by atoms with Gasteiger partial charge in [0.1, 0.15) is 0 Å². The van der Waals surface area contributed by atoms with Crippen molar-refractivity contribution < 1.29 is 10.2 Å². The van der Waals surface area contributed by atoms with E-state index in [0.29, 0.717) is 0 Å². The summed E-state index contributed by atoms with van der Waals surface area (Å²) in [6.07, 6.45) is 0. The van der Waals surface area contributed by atoms with E-state index in [1.54, 1.807) is 0 Å². The molecule has 0 spiro atoms. The van der Waals surface area contributed by atoms with Crippen LogP contribution in [0.1, 0.15) is 0 Å². The molecule has 0 aliphatic rings. The van der Waals surface area contributed by atoms with Gasteiger partial charge in [-0.25, -0.2) is 0 Å². The molecule has 0 rings (SSSR count). The van der Waals surface area contributed by atoms with Gasteiger partial charge in [0.2, 0.25) is 0 Å². The normalized spacial score (nSPS) is 7.00. The van der Waals surface area contributed by atoms with Gasteiger partial charge in [-0.1, -0.05) is 69.6 Å². The lowest BCUT2D eigenvalue weighted by molar-refractivity contribution is 0.399. The van der Waals surface area contributed by atoms with Crippen molar-refractivity contribution >= 4 is 69.6 Å². The average molecular weight is 303 g/mol. The van der Waals surface area contributed by atoms with Crippen molar-refractivity contribution in [1.82, 2.24) is 0 Å². The molecule has 0 aromatic heterocycles. The quantitative estimate of drug-likeness (QED) is 0.675.